The molecular weight excluding hydrogens is 418 g/mol. The van der Waals surface area contributed by atoms with Gasteiger partial charge in [0.25, 0.3) is 0 Å². The van der Waals surface area contributed by atoms with Gasteiger partial charge in [0.15, 0.2) is 11.6 Å². The first kappa shape index (κ1) is 20.3. The fourth-order valence-corrected chi connectivity index (χ4v) is 4.72. The summed E-state index contributed by atoms with van der Waals surface area (Å²) >= 11 is 1.72. The number of anilines is 3. The molecule has 0 bridgehead atoms. The van der Waals surface area contributed by atoms with Crippen LogP contribution in [0.5, 0.6) is 0 Å². The maximum Gasteiger partial charge on any atom is 0.333 e. The molecule has 3 atom stereocenters. The number of fused-ring (bicyclic) bond motifs is 1. The van der Waals surface area contributed by atoms with Gasteiger partial charge in [-0.15, -0.1) is 16.9 Å². The molecule has 2 aromatic rings. The van der Waals surface area contributed by atoms with E-state index in [0.29, 0.717) is 24.5 Å². The highest BCUT2D eigenvalue weighted by atomic mass is 32.2. The van der Waals surface area contributed by atoms with E-state index in [1.54, 1.807) is 11.3 Å². The summed E-state index contributed by atoms with van der Waals surface area (Å²) in [6, 6.07) is 4.03. The summed E-state index contributed by atoms with van der Waals surface area (Å²) in [5.41, 5.74) is 6.89. The van der Waals surface area contributed by atoms with Gasteiger partial charge in [-0.05, 0) is 30.7 Å². The Kier molecular flexibility index (Phi) is 5.85. The molecule has 1 aliphatic heterocycles. The van der Waals surface area contributed by atoms with Gasteiger partial charge < -0.3 is 10.4 Å². The van der Waals surface area contributed by atoms with Crippen LogP contribution >= 0.6 is 11.3 Å². The van der Waals surface area contributed by atoms with Gasteiger partial charge in [0.05, 0.1) is 18.8 Å². The third-order valence-corrected chi connectivity index (χ3v) is 6.45. The molecule has 13 heteroatoms. The van der Waals surface area contributed by atoms with Crippen molar-refractivity contribution in [3.05, 3.63) is 28.7 Å². The first-order chi connectivity index (χ1) is 13.9. The summed E-state index contributed by atoms with van der Waals surface area (Å²) in [5.74, 6) is 1.02. The van der Waals surface area contributed by atoms with Crippen molar-refractivity contribution in [2.75, 3.05) is 28.9 Å². The second-order valence-electron chi connectivity index (χ2n) is 7.01. The Morgan fingerprint density at radius 1 is 1.41 bits per heavy atom. The summed E-state index contributed by atoms with van der Waals surface area (Å²) in [7, 11) is -4.03. The van der Waals surface area contributed by atoms with Crippen molar-refractivity contribution in [2.24, 2.45) is 11.1 Å². The number of rotatable bonds is 8. The first-order valence-electron chi connectivity index (χ1n) is 9.18. The van der Waals surface area contributed by atoms with Crippen LogP contribution in [0.1, 0.15) is 17.7 Å². The first-order valence-corrected chi connectivity index (χ1v) is 11.5. The molecule has 0 aromatic carbocycles. The molecule has 1 saturated carbocycles. The molecule has 29 heavy (non-hydrogen) atoms. The Morgan fingerprint density at radius 2 is 2.28 bits per heavy atom. The number of hydrogen-bond donors (Lipinski definition) is 5. The number of nitrogens with one attached hydrogen (secondary N) is 3. The SMILES string of the molecule is NS(=O)(=O)OCC1CC(N2NNc3c(NCCc4cccs4)ncnc32)CC1O. The van der Waals surface area contributed by atoms with Crippen molar-refractivity contribution >= 4 is 39.0 Å². The summed E-state index contributed by atoms with van der Waals surface area (Å²) < 4.78 is 26.7. The number of thiophene rings is 1. The van der Waals surface area contributed by atoms with Gasteiger partial charge in [-0.1, -0.05) is 6.07 Å². The van der Waals surface area contributed by atoms with Crippen molar-refractivity contribution in [2.45, 2.75) is 31.4 Å². The van der Waals surface area contributed by atoms with Crippen LogP contribution in [0, 0.1) is 5.92 Å². The molecular formula is C16H23N7O4S2. The van der Waals surface area contributed by atoms with Crippen LogP contribution in [0.3, 0.4) is 0 Å². The Morgan fingerprint density at radius 3 is 3.03 bits per heavy atom. The number of hydrazine groups is 2. The molecule has 0 saturated heterocycles. The topological polar surface area (TPSA) is 155 Å². The maximum atomic E-state index is 11.0. The average Bonchev–Trinajstić information content (AvgIpc) is 3.39. The third kappa shape index (κ3) is 4.76. The van der Waals surface area contributed by atoms with Crippen LogP contribution in [-0.4, -0.2) is 48.8 Å². The molecule has 3 unspecified atom stereocenters. The summed E-state index contributed by atoms with van der Waals surface area (Å²) in [5, 5.41) is 22.4. The number of hydrogen-bond acceptors (Lipinski definition) is 11. The minimum absolute atomic E-state index is 0.0957. The van der Waals surface area contributed by atoms with Gasteiger partial charge in [0.2, 0.25) is 0 Å². The number of aliphatic hydroxyl groups is 1. The van der Waals surface area contributed by atoms with Crippen LogP contribution in [0.2, 0.25) is 0 Å². The Hall–Kier alpha value is -2.03. The van der Waals surface area contributed by atoms with E-state index >= 15 is 0 Å². The van der Waals surface area contributed by atoms with Crippen LogP contribution < -0.4 is 26.4 Å². The van der Waals surface area contributed by atoms with E-state index in [2.05, 4.69) is 41.9 Å². The monoisotopic (exact) mass is 441 g/mol. The van der Waals surface area contributed by atoms with E-state index in [1.165, 1.54) is 11.2 Å². The normalized spacial score (nSPS) is 23.8. The van der Waals surface area contributed by atoms with Gasteiger partial charge in [0.1, 0.15) is 12.0 Å². The zero-order valence-electron chi connectivity index (χ0n) is 15.5. The summed E-state index contributed by atoms with van der Waals surface area (Å²) in [6.07, 6.45) is 2.65. The van der Waals surface area contributed by atoms with E-state index in [0.717, 1.165) is 18.7 Å². The predicted octanol–water partition coefficient (Wildman–Crippen LogP) is 0.204. The van der Waals surface area contributed by atoms with Gasteiger partial charge in [-0.3, -0.25) is 14.6 Å². The molecule has 2 aromatic heterocycles. The van der Waals surface area contributed by atoms with E-state index in [1.807, 2.05) is 11.1 Å². The average molecular weight is 442 g/mol. The van der Waals surface area contributed by atoms with Gasteiger partial charge in [-0.2, -0.15) is 8.42 Å². The van der Waals surface area contributed by atoms with Crippen LogP contribution in [0.25, 0.3) is 0 Å². The Bertz CT molecular complexity index is 941. The van der Waals surface area contributed by atoms with Crippen molar-refractivity contribution in [1.29, 1.82) is 0 Å². The van der Waals surface area contributed by atoms with E-state index in [9.17, 15) is 13.5 Å². The molecule has 4 rings (SSSR count). The van der Waals surface area contributed by atoms with Crippen LogP contribution in [0.4, 0.5) is 17.3 Å². The van der Waals surface area contributed by atoms with E-state index in [-0.39, 0.29) is 18.6 Å². The smallest absolute Gasteiger partial charge is 0.333 e. The van der Waals surface area contributed by atoms with Gasteiger partial charge in [0, 0.05) is 17.3 Å². The van der Waals surface area contributed by atoms with E-state index < -0.39 is 16.4 Å². The lowest BCUT2D eigenvalue weighted by molar-refractivity contribution is 0.101. The zero-order chi connectivity index (χ0) is 20.4. The summed E-state index contributed by atoms with van der Waals surface area (Å²) in [4.78, 5) is 9.98. The molecule has 1 fully saturated rings. The molecule has 0 radical (unpaired) electrons. The number of aromatic nitrogens is 2. The minimum Gasteiger partial charge on any atom is -0.393 e. The molecule has 2 aliphatic rings. The van der Waals surface area contributed by atoms with Crippen LogP contribution in [0.15, 0.2) is 23.8 Å². The number of aliphatic hydroxyl groups excluding tert-OH is 1. The molecule has 6 N–H and O–H groups in total. The summed E-state index contributed by atoms with van der Waals surface area (Å²) in [6.45, 7) is 0.588. The third-order valence-electron chi connectivity index (χ3n) is 5.04. The highest BCUT2D eigenvalue weighted by Crippen LogP contribution is 2.38. The lowest BCUT2D eigenvalue weighted by atomic mass is 10.1. The molecule has 0 amide bonds. The number of nitrogens with two attached hydrogens (primary N) is 1. The predicted molar refractivity (Wildman–Crippen MR) is 109 cm³/mol. The number of nitrogens with zero attached hydrogens (tertiary/aromatic N) is 3. The van der Waals surface area contributed by atoms with Crippen LogP contribution in [-0.2, 0) is 20.9 Å². The van der Waals surface area contributed by atoms with Crippen molar-refractivity contribution in [1.82, 2.24) is 15.5 Å². The Labute approximate surface area is 172 Å². The highest BCUT2D eigenvalue weighted by Gasteiger charge is 2.40. The maximum absolute atomic E-state index is 11.0. The van der Waals surface area contributed by atoms with Gasteiger partial charge in [-0.25, -0.2) is 15.1 Å². The fourth-order valence-electron chi connectivity index (χ4n) is 3.65. The second-order valence-corrected chi connectivity index (χ2v) is 9.27. The standard InChI is InChI=1S/C16H23N7O4S2/c17-29(25,26)27-8-10-6-11(7-13(10)24)23-16-14(21-22-23)15(19-9-20-16)18-4-3-12-2-1-5-28-12/h1-2,5,9-11,13,21-22,24H,3-4,6-8H2,(H2,17,25,26)(H,18,19,20). The molecule has 0 spiro atoms. The fraction of sp³-hybridized carbons (Fsp3) is 0.500. The van der Waals surface area contributed by atoms with E-state index in [4.69, 9.17) is 5.14 Å². The lowest BCUT2D eigenvalue weighted by Gasteiger charge is -2.24. The highest BCUT2D eigenvalue weighted by molar-refractivity contribution is 7.84. The van der Waals surface area contributed by atoms with Crippen molar-refractivity contribution in [3.63, 3.8) is 0 Å². The lowest BCUT2D eigenvalue weighted by Crippen LogP contribution is -2.43. The van der Waals surface area contributed by atoms with Gasteiger partial charge >= 0.3 is 10.3 Å². The minimum atomic E-state index is -4.03. The largest absolute Gasteiger partial charge is 0.393 e. The van der Waals surface area contributed by atoms with Crippen molar-refractivity contribution < 1.29 is 17.7 Å². The Balaban J connectivity index is 1.39. The second kappa shape index (κ2) is 8.38. The molecule has 1 aliphatic carbocycles. The van der Waals surface area contributed by atoms with Crippen molar-refractivity contribution in [3.8, 4) is 0 Å². The quantitative estimate of drug-likeness (QED) is 0.384. The zero-order valence-corrected chi connectivity index (χ0v) is 17.1. The molecule has 11 nitrogen and oxygen atoms in total. The molecule has 3 heterocycles. The molecule has 158 valence electrons.